The van der Waals surface area contributed by atoms with Crippen molar-refractivity contribution in [1.82, 2.24) is 19.9 Å². The molecule has 1 saturated heterocycles. The average Bonchev–Trinajstić information content (AvgIpc) is 3.08. The second-order valence-electron chi connectivity index (χ2n) is 6.04. The van der Waals surface area contributed by atoms with Crippen molar-refractivity contribution in [1.29, 1.82) is 0 Å². The Hall–Kier alpha value is -2.41. The van der Waals surface area contributed by atoms with Crippen LogP contribution in [0.2, 0.25) is 0 Å². The highest BCUT2D eigenvalue weighted by molar-refractivity contribution is 7.99. The fourth-order valence-corrected chi connectivity index (χ4v) is 4.18. The van der Waals surface area contributed by atoms with Gasteiger partial charge in [-0.05, 0) is 54.7 Å². The van der Waals surface area contributed by atoms with Crippen LogP contribution in [0.15, 0.2) is 36.5 Å². The fraction of sp³-hybridized carbons (Fsp3) is 0.278. The minimum atomic E-state index is -0.267. The summed E-state index contributed by atoms with van der Waals surface area (Å²) in [5.74, 6) is 3.62. The number of hydrogen-bond donors (Lipinski definition) is 2. The molecule has 4 rings (SSSR count). The summed E-state index contributed by atoms with van der Waals surface area (Å²) in [7, 11) is 0. The number of H-pyrrole nitrogens is 1. The molecule has 0 bridgehead atoms. The second-order valence-corrected chi connectivity index (χ2v) is 7.26. The van der Waals surface area contributed by atoms with Crippen LogP contribution in [0.5, 0.6) is 0 Å². The molecule has 3 heterocycles. The zero-order valence-electron chi connectivity index (χ0n) is 13.6. The van der Waals surface area contributed by atoms with Gasteiger partial charge in [0.1, 0.15) is 11.6 Å². The monoisotopic (exact) mass is 355 g/mol. The third-order valence-electron chi connectivity index (χ3n) is 4.38. The zero-order chi connectivity index (χ0) is 17.2. The molecule has 3 aromatic rings. The summed E-state index contributed by atoms with van der Waals surface area (Å²) >= 11 is 1.98. The van der Waals surface area contributed by atoms with E-state index < -0.39 is 0 Å². The molecule has 0 amide bonds. The Morgan fingerprint density at radius 1 is 1.08 bits per heavy atom. The molecular formula is C18H18FN5S. The first-order chi connectivity index (χ1) is 12.2. The van der Waals surface area contributed by atoms with Gasteiger partial charge in [-0.2, -0.15) is 11.8 Å². The molecule has 0 saturated carbocycles. The first-order valence-electron chi connectivity index (χ1n) is 8.23. The molecule has 3 N–H and O–H groups in total. The molecule has 1 aromatic carbocycles. The van der Waals surface area contributed by atoms with Crippen molar-refractivity contribution in [2.24, 2.45) is 0 Å². The number of anilines is 1. The normalized spacial score (nSPS) is 15.4. The number of nitrogens with zero attached hydrogens (tertiary/aromatic N) is 3. The van der Waals surface area contributed by atoms with Crippen molar-refractivity contribution in [2.75, 3.05) is 17.2 Å². The summed E-state index contributed by atoms with van der Waals surface area (Å²) in [6.45, 7) is 0. The van der Waals surface area contributed by atoms with Crippen LogP contribution < -0.4 is 5.73 Å². The molecule has 5 nitrogen and oxygen atoms in total. The number of aromatic nitrogens is 4. The van der Waals surface area contributed by atoms with Crippen molar-refractivity contribution in [2.45, 2.75) is 18.8 Å². The summed E-state index contributed by atoms with van der Waals surface area (Å²) in [6, 6.07) is 8.16. The summed E-state index contributed by atoms with van der Waals surface area (Å²) in [4.78, 5) is 16.6. The number of nitrogens with two attached hydrogens (primary N) is 1. The van der Waals surface area contributed by atoms with Crippen LogP contribution in [0, 0.1) is 5.82 Å². The highest BCUT2D eigenvalue weighted by atomic mass is 32.2. The number of rotatable bonds is 3. The van der Waals surface area contributed by atoms with Crippen LogP contribution >= 0.6 is 11.8 Å². The molecule has 0 aliphatic carbocycles. The van der Waals surface area contributed by atoms with E-state index in [9.17, 15) is 4.39 Å². The molecule has 0 unspecified atom stereocenters. The van der Waals surface area contributed by atoms with Crippen molar-refractivity contribution < 1.29 is 4.39 Å². The minimum Gasteiger partial charge on any atom is -0.368 e. The predicted molar refractivity (Wildman–Crippen MR) is 98.7 cm³/mol. The number of thioether (sulfide) groups is 1. The molecular weight excluding hydrogens is 337 g/mol. The van der Waals surface area contributed by atoms with Gasteiger partial charge in [0.05, 0.1) is 17.1 Å². The van der Waals surface area contributed by atoms with E-state index in [1.54, 1.807) is 24.4 Å². The maximum atomic E-state index is 13.3. The summed E-state index contributed by atoms with van der Waals surface area (Å²) in [5, 5.41) is 0. The third-order valence-corrected chi connectivity index (χ3v) is 5.43. The molecule has 0 spiro atoms. The molecule has 1 aliphatic heterocycles. The van der Waals surface area contributed by atoms with Gasteiger partial charge in [-0.3, -0.25) is 0 Å². The molecule has 128 valence electrons. The Balaban J connectivity index is 1.82. The SMILES string of the molecule is Nc1nccc(-c2[nH]c(C3CCSCC3)nc2-c2ccc(F)cc2)n1. The van der Waals surface area contributed by atoms with Crippen LogP contribution in [0.1, 0.15) is 24.6 Å². The smallest absolute Gasteiger partial charge is 0.220 e. The number of halogens is 1. The second kappa shape index (κ2) is 6.84. The van der Waals surface area contributed by atoms with Crippen molar-refractivity contribution in [3.8, 4) is 22.6 Å². The van der Waals surface area contributed by atoms with Crippen LogP contribution in [-0.4, -0.2) is 31.4 Å². The van der Waals surface area contributed by atoms with E-state index in [1.807, 2.05) is 11.8 Å². The Labute approximate surface area is 149 Å². The van der Waals surface area contributed by atoms with Gasteiger partial charge in [-0.25, -0.2) is 19.3 Å². The number of imidazole rings is 1. The predicted octanol–water partition coefficient (Wildman–Crippen LogP) is 3.87. The molecule has 0 atom stereocenters. The van der Waals surface area contributed by atoms with E-state index in [0.29, 0.717) is 11.6 Å². The van der Waals surface area contributed by atoms with E-state index in [0.717, 1.165) is 47.1 Å². The minimum absolute atomic E-state index is 0.216. The largest absolute Gasteiger partial charge is 0.368 e. The number of aromatic amines is 1. The van der Waals surface area contributed by atoms with Gasteiger partial charge < -0.3 is 10.7 Å². The lowest BCUT2D eigenvalue weighted by Gasteiger charge is -2.18. The molecule has 25 heavy (non-hydrogen) atoms. The Morgan fingerprint density at radius 3 is 2.56 bits per heavy atom. The van der Waals surface area contributed by atoms with Crippen molar-refractivity contribution in [3.63, 3.8) is 0 Å². The third kappa shape index (κ3) is 3.37. The fourth-order valence-electron chi connectivity index (χ4n) is 3.07. The number of nitrogen functional groups attached to an aromatic ring is 1. The van der Waals surface area contributed by atoms with Gasteiger partial charge in [-0.15, -0.1) is 0 Å². The van der Waals surface area contributed by atoms with Gasteiger partial charge in [0, 0.05) is 17.7 Å². The summed E-state index contributed by atoms with van der Waals surface area (Å²) in [6.07, 6.45) is 3.84. The lowest BCUT2D eigenvalue weighted by Crippen LogP contribution is -2.09. The molecule has 2 aromatic heterocycles. The van der Waals surface area contributed by atoms with E-state index >= 15 is 0 Å². The van der Waals surface area contributed by atoms with Crippen molar-refractivity contribution >= 4 is 17.7 Å². The highest BCUT2D eigenvalue weighted by Crippen LogP contribution is 2.35. The summed E-state index contributed by atoms with van der Waals surface area (Å²) in [5.41, 5.74) is 8.85. The highest BCUT2D eigenvalue weighted by Gasteiger charge is 2.23. The lowest BCUT2D eigenvalue weighted by atomic mass is 10.0. The lowest BCUT2D eigenvalue weighted by molar-refractivity contribution is 0.605. The van der Waals surface area contributed by atoms with Crippen LogP contribution in [0.25, 0.3) is 22.6 Å². The van der Waals surface area contributed by atoms with Crippen molar-refractivity contribution in [3.05, 3.63) is 48.2 Å². The van der Waals surface area contributed by atoms with Gasteiger partial charge in [0.25, 0.3) is 0 Å². The Kier molecular flexibility index (Phi) is 4.40. The molecule has 1 aliphatic rings. The standard InChI is InChI=1S/C18H18FN5S/c19-13-3-1-11(2-4-13)15-16(14-5-8-21-18(20)22-14)24-17(23-15)12-6-9-25-10-7-12/h1-5,8,12H,6-7,9-10H2,(H,23,24)(H2,20,21,22). The molecule has 7 heteroatoms. The zero-order valence-corrected chi connectivity index (χ0v) is 14.4. The number of hydrogen-bond acceptors (Lipinski definition) is 5. The van der Waals surface area contributed by atoms with Gasteiger partial charge >= 0.3 is 0 Å². The van der Waals surface area contributed by atoms with Crippen LogP contribution in [0.4, 0.5) is 10.3 Å². The van der Waals surface area contributed by atoms with E-state index in [4.69, 9.17) is 10.7 Å². The van der Waals surface area contributed by atoms with Crippen LogP contribution in [-0.2, 0) is 0 Å². The maximum Gasteiger partial charge on any atom is 0.220 e. The maximum absolute atomic E-state index is 13.3. The number of nitrogens with one attached hydrogen (secondary N) is 1. The van der Waals surface area contributed by atoms with E-state index in [2.05, 4.69) is 15.0 Å². The topological polar surface area (TPSA) is 80.5 Å². The van der Waals surface area contributed by atoms with E-state index in [1.165, 1.54) is 12.1 Å². The first-order valence-corrected chi connectivity index (χ1v) is 9.38. The van der Waals surface area contributed by atoms with Crippen LogP contribution in [0.3, 0.4) is 0 Å². The van der Waals surface area contributed by atoms with E-state index in [-0.39, 0.29) is 11.8 Å². The number of benzene rings is 1. The quantitative estimate of drug-likeness (QED) is 0.745. The molecule has 1 fully saturated rings. The Bertz CT molecular complexity index is 871. The molecule has 0 radical (unpaired) electrons. The first kappa shape index (κ1) is 16.1. The van der Waals surface area contributed by atoms with Gasteiger partial charge in [0.15, 0.2) is 0 Å². The van der Waals surface area contributed by atoms with Gasteiger partial charge in [-0.1, -0.05) is 0 Å². The average molecular weight is 355 g/mol. The Morgan fingerprint density at radius 2 is 1.84 bits per heavy atom. The summed E-state index contributed by atoms with van der Waals surface area (Å²) < 4.78 is 13.3. The van der Waals surface area contributed by atoms with Gasteiger partial charge in [0.2, 0.25) is 5.95 Å².